The Morgan fingerprint density at radius 2 is 1.86 bits per heavy atom. The number of nitrogens with two attached hydrogens (primary N) is 1. The van der Waals surface area contributed by atoms with Gasteiger partial charge in [0.2, 0.25) is 5.91 Å². The summed E-state index contributed by atoms with van der Waals surface area (Å²) in [5.74, 6) is 2.47. The molecule has 0 aromatic carbocycles. The molecule has 2 bridgehead atoms. The van der Waals surface area contributed by atoms with Crippen molar-refractivity contribution >= 4 is 5.91 Å². The Hall–Kier alpha value is -0.570. The molecule has 3 aliphatic rings. The minimum atomic E-state index is 0.231. The van der Waals surface area contributed by atoms with Crippen molar-refractivity contribution < 1.29 is 4.79 Å². The van der Waals surface area contributed by atoms with Crippen molar-refractivity contribution in [3.8, 4) is 0 Å². The summed E-state index contributed by atoms with van der Waals surface area (Å²) in [5.41, 5.74) is 6.76. The third-order valence-corrected chi connectivity index (χ3v) is 6.22. The van der Waals surface area contributed by atoms with Gasteiger partial charge in [-0.05, 0) is 68.1 Å². The molecule has 0 aromatic rings. The van der Waals surface area contributed by atoms with E-state index in [1.54, 1.807) is 0 Å². The van der Waals surface area contributed by atoms with Crippen LogP contribution in [-0.4, -0.2) is 18.5 Å². The van der Waals surface area contributed by atoms with Crippen molar-refractivity contribution in [1.82, 2.24) is 5.32 Å². The van der Waals surface area contributed by atoms with Gasteiger partial charge in [-0.15, -0.1) is 0 Å². The average molecular weight is 292 g/mol. The molecule has 2 atom stereocenters. The normalized spacial score (nSPS) is 37.3. The third-order valence-electron chi connectivity index (χ3n) is 6.22. The number of amides is 1. The zero-order valence-electron chi connectivity index (χ0n) is 13.7. The van der Waals surface area contributed by atoms with Gasteiger partial charge in [0.15, 0.2) is 0 Å². The SMILES string of the molecule is CC(C)CC1(CNC(=O)C2CC3CCCC(C2)C3N)CC1. The van der Waals surface area contributed by atoms with Gasteiger partial charge < -0.3 is 11.1 Å². The van der Waals surface area contributed by atoms with E-state index >= 15 is 0 Å². The second kappa shape index (κ2) is 5.91. The molecular formula is C18H32N2O. The largest absolute Gasteiger partial charge is 0.355 e. The summed E-state index contributed by atoms with van der Waals surface area (Å²) in [7, 11) is 0. The minimum Gasteiger partial charge on any atom is -0.355 e. The fraction of sp³-hybridized carbons (Fsp3) is 0.944. The van der Waals surface area contributed by atoms with Gasteiger partial charge in [0, 0.05) is 18.5 Å². The van der Waals surface area contributed by atoms with Gasteiger partial charge in [-0.3, -0.25) is 4.79 Å². The van der Waals surface area contributed by atoms with Crippen molar-refractivity contribution in [3.05, 3.63) is 0 Å². The maximum absolute atomic E-state index is 12.5. The monoisotopic (exact) mass is 292 g/mol. The highest BCUT2D eigenvalue weighted by molar-refractivity contribution is 5.78. The quantitative estimate of drug-likeness (QED) is 0.818. The molecule has 2 unspecified atom stereocenters. The Labute approximate surface area is 129 Å². The zero-order chi connectivity index (χ0) is 15.0. The molecule has 0 aliphatic heterocycles. The molecule has 1 amide bonds. The Morgan fingerprint density at radius 3 is 2.38 bits per heavy atom. The Bertz CT molecular complexity index is 375. The van der Waals surface area contributed by atoms with Gasteiger partial charge in [0.25, 0.3) is 0 Å². The first-order valence-corrected chi connectivity index (χ1v) is 9.02. The molecule has 120 valence electrons. The van der Waals surface area contributed by atoms with E-state index < -0.39 is 0 Å². The molecule has 0 radical (unpaired) electrons. The predicted octanol–water partition coefficient (Wildman–Crippen LogP) is 3.08. The molecule has 0 spiro atoms. The number of fused-ring (bicyclic) bond motifs is 2. The molecule has 3 fully saturated rings. The molecular weight excluding hydrogens is 260 g/mol. The summed E-state index contributed by atoms with van der Waals surface area (Å²) in [6.45, 7) is 5.47. The minimum absolute atomic E-state index is 0.231. The lowest BCUT2D eigenvalue weighted by atomic mass is 9.65. The van der Waals surface area contributed by atoms with E-state index in [1.807, 2.05) is 0 Å². The Kier molecular flexibility index (Phi) is 4.31. The molecule has 3 aliphatic carbocycles. The first-order chi connectivity index (χ1) is 9.99. The lowest BCUT2D eigenvalue weighted by Crippen LogP contribution is -2.49. The Morgan fingerprint density at radius 1 is 1.24 bits per heavy atom. The van der Waals surface area contributed by atoms with Gasteiger partial charge in [-0.25, -0.2) is 0 Å². The number of carbonyl (C=O) groups excluding carboxylic acids is 1. The van der Waals surface area contributed by atoms with Crippen LogP contribution in [0.4, 0.5) is 0 Å². The fourth-order valence-corrected chi connectivity index (χ4v) is 4.92. The average Bonchev–Trinajstić information content (AvgIpc) is 3.15. The van der Waals surface area contributed by atoms with Crippen LogP contribution in [0.1, 0.15) is 65.2 Å². The van der Waals surface area contributed by atoms with E-state index in [0.717, 1.165) is 25.3 Å². The summed E-state index contributed by atoms with van der Waals surface area (Å²) in [4.78, 5) is 12.5. The highest BCUT2D eigenvalue weighted by atomic mass is 16.1. The van der Waals surface area contributed by atoms with Crippen LogP contribution in [0.5, 0.6) is 0 Å². The number of hydrogen-bond donors (Lipinski definition) is 2. The topological polar surface area (TPSA) is 55.1 Å². The highest BCUT2D eigenvalue weighted by Gasteiger charge is 2.44. The van der Waals surface area contributed by atoms with Gasteiger partial charge in [-0.1, -0.05) is 20.3 Å². The van der Waals surface area contributed by atoms with Crippen molar-refractivity contribution in [2.24, 2.45) is 34.8 Å². The van der Waals surface area contributed by atoms with Crippen LogP contribution in [0.25, 0.3) is 0 Å². The van der Waals surface area contributed by atoms with Crippen molar-refractivity contribution in [2.45, 2.75) is 71.3 Å². The van der Waals surface area contributed by atoms with E-state index in [2.05, 4.69) is 19.2 Å². The third kappa shape index (κ3) is 3.44. The van der Waals surface area contributed by atoms with Crippen LogP contribution in [0.2, 0.25) is 0 Å². The number of carbonyl (C=O) groups is 1. The van der Waals surface area contributed by atoms with E-state index in [-0.39, 0.29) is 5.92 Å². The fourth-order valence-electron chi connectivity index (χ4n) is 4.92. The maximum Gasteiger partial charge on any atom is 0.223 e. The van der Waals surface area contributed by atoms with Gasteiger partial charge in [0.1, 0.15) is 0 Å². The summed E-state index contributed by atoms with van der Waals surface area (Å²) in [6.07, 6.45) is 9.69. The Balaban J connectivity index is 1.50. The second-order valence-corrected chi connectivity index (χ2v) is 8.51. The molecule has 3 heteroatoms. The van der Waals surface area contributed by atoms with Crippen molar-refractivity contribution in [2.75, 3.05) is 6.54 Å². The standard InChI is InChI=1S/C18H32N2O/c1-12(2)10-18(6-7-18)11-20-17(21)15-8-13-4-3-5-14(9-15)16(13)19/h12-16H,3-11,19H2,1-2H3,(H,20,21). The van der Waals surface area contributed by atoms with Crippen LogP contribution >= 0.6 is 0 Å². The summed E-state index contributed by atoms with van der Waals surface area (Å²) in [5, 5.41) is 3.28. The van der Waals surface area contributed by atoms with Crippen LogP contribution in [0.3, 0.4) is 0 Å². The summed E-state index contributed by atoms with van der Waals surface area (Å²) < 4.78 is 0. The van der Waals surface area contributed by atoms with E-state index in [0.29, 0.717) is 29.2 Å². The van der Waals surface area contributed by atoms with Crippen LogP contribution in [0, 0.1) is 29.1 Å². The second-order valence-electron chi connectivity index (χ2n) is 8.51. The predicted molar refractivity (Wildman–Crippen MR) is 85.7 cm³/mol. The smallest absolute Gasteiger partial charge is 0.223 e. The van der Waals surface area contributed by atoms with E-state index in [4.69, 9.17) is 5.73 Å². The van der Waals surface area contributed by atoms with Gasteiger partial charge in [-0.2, -0.15) is 0 Å². The summed E-state index contributed by atoms with van der Waals surface area (Å²) >= 11 is 0. The molecule has 3 rings (SSSR count). The van der Waals surface area contributed by atoms with Crippen molar-refractivity contribution in [3.63, 3.8) is 0 Å². The molecule has 21 heavy (non-hydrogen) atoms. The summed E-state index contributed by atoms with van der Waals surface area (Å²) in [6, 6.07) is 0.360. The molecule has 3 saturated carbocycles. The van der Waals surface area contributed by atoms with Crippen LogP contribution in [-0.2, 0) is 4.79 Å². The zero-order valence-corrected chi connectivity index (χ0v) is 13.7. The number of nitrogens with one attached hydrogen (secondary N) is 1. The highest BCUT2D eigenvalue weighted by Crippen LogP contribution is 2.50. The van der Waals surface area contributed by atoms with Crippen LogP contribution in [0.15, 0.2) is 0 Å². The van der Waals surface area contributed by atoms with Crippen molar-refractivity contribution in [1.29, 1.82) is 0 Å². The molecule has 3 nitrogen and oxygen atoms in total. The van der Waals surface area contributed by atoms with Crippen LogP contribution < -0.4 is 11.1 Å². The van der Waals surface area contributed by atoms with Gasteiger partial charge >= 0.3 is 0 Å². The molecule has 0 saturated heterocycles. The molecule has 3 N–H and O–H groups in total. The maximum atomic E-state index is 12.5. The first kappa shape index (κ1) is 15.3. The van der Waals surface area contributed by atoms with E-state index in [9.17, 15) is 4.79 Å². The first-order valence-electron chi connectivity index (χ1n) is 9.02. The lowest BCUT2D eigenvalue weighted by molar-refractivity contribution is -0.128. The molecule has 0 aromatic heterocycles. The van der Waals surface area contributed by atoms with Gasteiger partial charge in [0.05, 0.1) is 0 Å². The number of hydrogen-bond acceptors (Lipinski definition) is 2. The number of rotatable bonds is 5. The lowest BCUT2D eigenvalue weighted by Gasteiger charge is -2.43. The molecule has 0 heterocycles. The van der Waals surface area contributed by atoms with E-state index in [1.165, 1.54) is 38.5 Å².